The summed E-state index contributed by atoms with van der Waals surface area (Å²) < 4.78 is 24.7. The fourth-order valence-corrected chi connectivity index (χ4v) is 9.05. The molecular formula is C22H35NO5Si. The normalized spacial score (nSPS) is 27.1. The molecule has 0 radical (unpaired) electrons. The van der Waals surface area contributed by atoms with Crippen LogP contribution in [-0.4, -0.2) is 53.7 Å². The van der Waals surface area contributed by atoms with Crippen molar-refractivity contribution in [3.63, 3.8) is 0 Å². The van der Waals surface area contributed by atoms with Gasteiger partial charge in [-0.1, -0.05) is 13.3 Å². The molecule has 3 rings (SSSR count). The summed E-state index contributed by atoms with van der Waals surface area (Å²) in [5.41, 5.74) is 0.940. The number of nitrogens with zero attached hydrogens (tertiary/aromatic N) is 1. The van der Waals surface area contributed by atoms with E-state index in [2.05, 4.69) is 6.92 Å². The van der Waals surface area contributed by atoms with Gasteiger partial charge in [0.05, 0.1) is 0 Å². The number of ether oxygens (including phenoxy) is 2. The molecule has 0 spiro atoms. The molecule has 2 atom stereocenters. The van der Waals surface area contributed by atoms with E-state index in [1.165, 1.54) is 0 Å². The molecule has 29 heavy (non-hydrogen) atoms. The summed E-state index contributed by atoms with van der Waals surface area (Å²) in [6.07, 6.45) is 6.24. The second-order valence-corrected chi connectivity index (χ2v) is 11.7. The SMILES string of the molecule is CCCC1(OC)C(Oc2ccc(N3CCCCC3=O)cc2)CCC[Si]1(OC)OC. The van der Waals surface area contributed by atoms with Crippen molar-refractivity contribution in [3.8, 4) is 5.75 Å². The Bertz CT molecular complexity index is 678. The summed E-state index contributed by atoms with van der Waals surface area (Å²) in [5, 5.41) is -0.551. The van der Waals surface area contributed by atoms with Crippen molar-refractivity contribution in [2.24, 2.45) is 0 Å². The number of rotatable bonds is 8. The minimum atomic E-state index is -2.60. The molecule has 2 saturated heterocycles. The van der Waals surface area contributed by atoms with E-state index in [0.29, 0.717) is 6.42 Å². The first kappa shape index (κ1) is 22.3. The van der Waals surface area contributed by atoms with Crippen molar-refractivity contribution < 1.29 is 23.1 Å². The number of carbonyl (C=O) groups excluding carboxylic acids is 1. The van der Waals surface area contributed by atoms with Crippen molar-refractivity contribution >= 4 is 20.2 Å². The van der Waals surface area contributed by atoms with Crippen LogP contribution in [0.2, 0.25) is 6.04 Å². The molecule has 0 aliphatic carbocycles. The van der Waals surface area contributed by atoms with Gasteiger partial charge in [-0.2, -0.15) is 0 Å². The molecule has 1 amide bonds. The Morgan fingerprint density at radius 3 is 2.41 bits per heavy atom. The molecule has 2 fully saturated rings. The molecule has 1 aromatic carbocycles. The largest absolute Gasteiger partial charge is 0.488 e. The van der Waals surface area contributed by atoms with E-state index in [9.17, 15) is 4.79 Å². The molecule has 2 heterocycles. The lowest BCUT2D eigenvalue weighted by molar-refractivity contribution is -0.119. The summed E-state index contributed by atoms with van der Waals surface area (Å²) in [5.74, 6) is 0.993. The third kappa shape index (κ3) is 4.10. The van der Waals surface area contributed by atoms with Crippen molar-refractivity contribution in [1.82, 2.24) is 0 Å². The average Bonchev–Trinajstić information content (AvgIpc) is 2.76. The van der Waals surface area contributed by atoms with Crippen LogP contribution in [0.4, 0.5) is 5.69 Å². The van der Waals surface area contributed by atoms with E-state index in [1.54, 1.807) is 21.3 Å². The minimum Gasteiger partial charge on any atom is -0.488 e. The summed E-state index contributed by atoms with van der Waals surface area (Å²) in [7, 11) is 2.64. The molecule has 0 bridgehead atoms. The van der Waals surface area contributed by atoms with Crippen molar-refractivity contribution in [1.29, 1.82) is 0 Å². The van der Waals surface area contributed by atoms with Gasteiger partial charge < -0.3 is 23.2 Å². The van der Waals surface area contributed by atoms with Crippen LogP contribution in [0.25, 0.3) is 0 Å². The molecule has 0 aromatic heterocycles. The van der Waals surface area contributed by atoms with Crippen molar-refractivity contribution in [3.05, 3.63) is 24.3 Å². The van der Waals surface area contributed by atoms with Crippen LogP contribution < -0.4 is 9.64 Å². The maximum atomic E-state index is 12.2. The van der Waals surface area contributed by atoms with Gasteiger partial charge in [0.2, 0.25) is 5.91 Å². The van der Waals surface area contributed by atoms with E-state index in [0.717, 1.165) is 62.6 Å². The third-order valence-corrected chi connectivity index (χ3v) is 10.9. The van der Waals surface area contributed by atoms with Gasteiger partial charge in [-0.15, -0.1) is 0 Å². The molecule has 1 aromatic rings. The lowest BCUT2D eigenvalue weighted by Gasteiger charge is -2.51. The molecule has 2 unspecified atom stereocenters. The van der Waals surface area contributed by atoms with E-state index >= 15 is 0 Å². The highest BCUT2D eigenvalue weighted by Crippen LogP contribution is 2.44. The van der Waals surface area contributed by atoms with E-state index in [1.807, 2.05) is 29.2 Å². The molecular weight excluding hydrogens is 386 g/mol. The summed E-state index contributed by atoms with van der Waals surface area (Å²) >= 11 is 0. The molecule has 2 aliphatic rings. The first-order chi connectivity index (χ1) is 14.1. The summed E-state index contributed by atoms with van der Waals surface area (Å²) in [6.45, 7) is 2.95. The van der Waals surface area contributed by atoms with Gasteiger partial charge in [-0.25, -0.2) is 0 Å². The smallest absolute Gasteiger partial charge is 0.374 e. The first-order valence-corrected chi connectivity index (χ1v) is 12.8. The Balaban J connectivity index is 1.82. The Hall–Kier alpha value is -1.41. The number of methoxy groups -OCH3 is 1. The number of benzene rings is 1. The van der Waals surface area contributed by atoms with Crippen LogP contribution in [0.1, 0.15) is 51.9 Å². The van der Waals surface area contributed by atoms with Crippen LogP contribution in [0.15, 0.2) is 24.3 Å². The van der Waals surface area contributed by atoms with Gasteiger partial charge in [0.1, 0.15) is 17.1 Å². The van der Waals surface area contributed by atoms with Crippen LogP contribution in [-0.2, 0) is 18.4 Å². The number of hydrogen-bond donors (Lipinski definition) is 0. The maximum absolute atomic E-state index is 12.2. The van der Waals surface area contributed by atoms with Crippen LogP contribution in [0, 0.1) is 0 Å². The van der Waals surface area contributed by atoms with Gasteiger partial charge in [0.25, 0.3) is 0 Å². The molecule has 0 saturated carbocycles. The number of hydrogen-bond acceptors (Lipinski definition) is 5. The first-order valence-electron chi connectivity index (χ1n) is 10.8. The highest BCUT2D eigenvalue weighted by molar-refractivity contribution is 6.71. The van der Waals surface area contributed by atoms with Crippen molar-refractivity contribution in [2.45, 2.75) is 69.2 Å². The number of piperidine rings is 1. The van der Waals surface area contributed by atoms with Gasteiger partial charge in [-0.3, -0.25) is 4.79 Å². The molecule has 0 N–H and O–H groups in total. The van der Waals surface area contributed by atoms with Gasteiger partial charge >= 0.3 is 8.56 Å². The highest BCUT2D eigenvalue weighted by Gasteiger charge is 2.64. The Labute approximate surface area is 175 Å². The minimum absolute atomic E-state index is 0.129. The Morgan fingerprint density at radius 2 is 1.83 bits per heavy atom. The van der Waals surface area contributed by atoms with E-state index < -0.39 is 13.8 Å². The fourth-order valence-electron chi connectivity index (χ4n) is 5.06. The fraction of sp³-hybridized carbons (Fsp3) is 0.682. The Kier molecular flexibility index (Phi) is 7.37. The predicted molar refractivity (Wildman–Crippen MR) is 116 cm³/mol. The van der Waals surface area contributed by atoms with E-state index in [-0.39, 0.29) is 12.0 Å². The van der Waals surface area contributed by atoms with Gasteiger partial charge in [0.15, 0.2) is 0 Å². The van der Waals surface area contributed by atoms with E-state index in [4.69, 9.17) is 18.3 Å². The molecule has 2 aliphatic heterocycles. The summed E-state index contributed by atoms with van der Waals surface area (Å²) in [4.78, 5) is 14.1. The Morgan fingerprint density at radius 1 is 1.10 bits per heavy atom. The second kappa shape index (κ2) is 9.60. The predicted octanol–water partition coefficient (Wildman–Crippen LogP) is 4.20. The topological polar surface area (TPSA) is 57.2 Å². The summed E-state index contributed by atoms with van der Waals surface area (Å²) in [6, 6.07) is 8.78. The third-order valence-electron chi connectivity index (χ3n) is 6.53. The number of carbonyl (C=O) groups is 1. The highest BCUT2D eigenvalue weighted by atomic mass is 28.4. The van der Waals surface area contributed by atoms with Crippen LogP contribution in [0.5, 0.6) is 5.75 Å². The molecule has 6 nitrogen and oxygen atoms in total. The number of amides is 1. The maximum Gasteiger partial charge on any atom is 0.374 e. The van der Waals surface area contributed by atoms with Gasteiger partial charge in [0, 0.05) is 40.0 Å². The zero-order chi connectivity index (χ0) is 20.9. The molecule has 7 heteroatoms. The lowest BCUT2D eigenvalue weighted by atomic mass is 10.0. The second-order valence-electron chi connectivity index (χ2n) is 8.00. The lowest BCUT2D eigenvalue weighted by Crippen LogP contribution is -2.71. The zero-order valence-corrected chi connectivity index (χ0v) is 19.2. The average molecular weight is 422 g/mol. The monoisotopic (exact) mass is 421 g/mol. The molecule has 162 valence electrons. The van der Waals surface area contributed by atoms with Crippen molar-refractivity contribution in [2.75, 3.05) is 32.8 Å². The standard InChI is InChI=1S/C22H35NO5Si/c1-5-15-22(25-2)20(9-8-17-29(22,26-3)27-4)28-19-13-11-18(12-14-19)23-16-7-6-10-21(23)24/h11-14,20H,5-10,15-17H2,1-4H3. The quantitative estimate of drug-likeness (QED) is 0.589. The zero-order valence-electron chi connectivity index (χ0n) is 18.2. The number of anilines is 1. The van der Waals surface area contributed by atoms with Gasteiger partial charge in [-0.05, 0) is 62.4 Å². The van der Waals surface area contributed by atoms with Crippen LogP contribution >= 0.6 is 0 Å². The van der Waals surface area contributed by atoms with Crippen LogP contribution in [0.3, 0.4) is 0 Å².